The van der Waals surface area contributed by atoms with Crippen molar-refractivity contribution < 1.29 is 101 Å². The number of aliphatic hydroxyl groups is 2. The van der Waals surface area contributed by atoms with Gasteiger partial charge in [-0.05, 0) is 129 Å². The highest BCUT2D eigenvalue weighted by Gasteiger charge is 2.45. The van der Waals surface area contributed by atoms with E-state index < -0.39 is 210 Å². The fourth-order valence-electron chi connectivity index (χ4n) is 16.0. The van der Waals surface area contributed by atoms with Crippen LogP contribution in [0.3, 0.4) is 0 Å². The molecular formula is C92H124F2N18O19S. The molecule has 8 rings (SSSR count). The first-order valence-electron chi connectivity index (χ1n) is 44.1. The van der Waals surface area contributed by atoms with Crippen molar-refractivity contribution in [1.29, 1.82) is 0 Å². The van der Waals surface area contributed by atoms with Crippen LogP contribution >= 0.6 is 11.8 Å². The van der Waals surface area contributed by atoms with Crippen molar-refractivity contribution in [1.82, 2.24) is 77.3 Å². The number of aromatic amines is 1. The number of amides is 13. The van der Waals surface area contributed by atoms with Crippen molar-refractivity contribution in [3.8, 4) is 5.75 Å². The number of nitrogens with one attached hydrogen (secondary N) is 10. The zero-order valence-electron chi connectivity index (χ0n) is 75.0. The van der Waals surface area contributed by atoms with Crippen LogP contribution in [0.15, 0.2) is 134 Å². The zero-order chi connectivity index (χ0) is 96.4. The number of aromatic hydroxyl groups is 1. The second kappa shape index (κ2) is 52.0. The van der Waals surface area contributed by atoms with E-state index >= 15 is 18.8 Å². The van der Waals surface area contributed by atoms with Gasteiger partial charge in [-0.3, -0.25) is 82.6 Å². The number of likely N-dealkylation sites (N-methyl/N-ethyl adjacent to an activating group) is 3. The van der Waals surface area contributed by atoms with Crippen LogP contribution in [0.1, 0.15) is 113 Å². The number of benzene rings is 5. The van der Waals surface area contributed by atoms with Crippen LogP contribution in [0.2, 0.25) is 0 Å². The molecule has 37 nitrogen and oxygen atoms in total. The minimum Gasteiger partial charge on any atom is -0.508 e. The third-order valence-electron chi connectivity index (χ3n) is 23.4. The number of nitrogens with zero attached hydrogens (tertiary/aromatic N) is 5. The number of carbonyl (C=O) groups is 15. The van der Waals surface area contributed by atoms with E-state index in [0.717, 1.165) is 39.7 Å². The highest BCUT2D eigenvalue weighted by molar-refractivity contribution is 8.00. The summed E-state index contributed by atoms with van der Waals surface area (Å²) < 4.78 is 29.8. The molecule has 2 unspecified atom stereocenters. The summed E-state index contributed by atoms with van der Waals surface area (Å²) >= 11 is 0.733. The first-order chi connectivity index (χ1) is 63.0. The standard InChI is InChI=1S/C92H124F2N18O19S/c1-7-8-26-74(91(130)112-38-18-27-73(112)87(126)105-70(46-80(119)120)86(125)107-81(54(2)3)92(131)109(5)75(43-55-19-11-9-12-20-55)77(116)48-99-67(34-37-96)89(128)111-39-35-61(115)50-111)108(4)90(129)76(44-56-21-13-10-14-22-56)110(6)88(127)71(42-58-30-33-63(93)64(94)40-58)102-79(118)52-132-51-72(82(121)100-49-78(97)117)106-83(122)66(25-17-36-95)103-85(124)69(41-57-28-31-60(114)32-29-57)104-84(123)68(101-53-113)45-59-47-98-65-24-16-15-23-62(59)65/h9-16,19-24,28-33,40,47,53-54,61,66-76,81,87,98-99,105,114-115,126H,7-8,17-18,25-27,34-39,41-46,48-52,95-96H2,1-6H3,(H2,97,117)(H,100,121)(H,101,113)(H,102,118)(H,103,124)(H,104,123)(H,106,122)(H,107,125)(H,119,120)/t61-,66+,67+,68+,69+,70+,71+,72+,73-,74+,75?,76+,81+,87?/m1/s1. The number of phenols is 1. The average Bonchev–Trinajstić information content (AvgIpc) is 1.57. The zero-order valence-corrected chi connectivity index (χ0v) is 75.8. The number of β-amino-alcohol motifs (C(OH)–C–C–N with tert-alkyl or cyclic N) is 1. The maximum absolute atomic E-state index is 15.7. The molecule has 716 valence electrons. The lowest BCUT2D eigenvalue weighted by atomic mass is 9.97. The number of phenolic OH excluding ortho intramolecular Hbond substituents is 1. The normalized spacial score (nSPS) is 16.4. The molecule has 14 atom stereocenters. The lowest BCUT2D eigenvalue weighted by Gasteiger charge is -2.39. The van der Waals surface area contributed by atoms with Crippen molar-refractivity contribution in [2.45, 2.75) is 202 Å². The van der Waals surface area contributed by atoms with Crippen molar-refractivity contribution >= 4 is 112 Å². The largest absolute Gasteiger partial charge is 0.508 e. The Balaban J connectivity index is 0.987. The van der Waals surface area contributed by atoms with E-state index in [2.05, 4.69) is 52.8 Å². The van der Waals surface area contributed by atoms with E-state index in [9.17, 15) is 82.4 Å². The number of unbranched alkanes of at least 4 members (excludes halogenated alkanes) is 1. The van der Waals surface area contributed by atoms with Gasteiger partial charge in [-0.1, -0.05) is 131 Å². The summed E-state index contributed by atoms with van der Waals surface area (Å²) in [6.07, 6.45) is -0.674. The Morgan fingerprint density at radius 1 is 0.591 bits per heavy atom. The average molecular weight is 1860 g/mol. The molecule has 2 aliphatic heterocycles. The van der Waals surface area contributed by atoms with Crippen LogP contribution in [-0.4, -0.2) is 302 Å². The SMILES string of the molecule is CCCC[C@@H](C(=O)N1CCC[C@@H]1C(O)N[C@@H](CC(=O)O)C(=O)N[C@H](C(=O)N(C)C(Cc1ccccc1)C(=O)CN[C@@H](CCN)C(=O)N1CC[C@@H](O)C1)C(C)C)N(C)C(=O)[C@H](Cc1ccccc1)N(C)C(=O)[C@H](Cc1ccc(F)c(F)c1)NC(=O)CSC[C@H](NC(=O)[C@H](CCCN)NC(=O)[C@H](Cc1ccc(O)cc1)NC(=O)[C@H](Cc1c[nH]c2ccccc12)NC=O)C(=O)NCC(N)=O. The number of H-pyrrole nitrogens is 1. The number of thioether (sulfide) groups is 1. The highest BCUT2D eigenvalue weighted by atomic mass is 32.2. The molecule has 132 heavy (non-hydrogen) atoms. The topological polar surface area (TPSA) is 555 Å². The Morgan fingerprint density at radius 3 is 1.81 bits per heavy atom. The predicted octanol–water partition coefficient (Wildman–Crippen LogP) is -0.184. The molecule has 2 fully saturated rings. The van der Waals surface area contributed by atoms with E-state index in [1.54, 1.807) is 86.8 Å². The lowest BCUT2D eigenvalue weighted by Crippen LogP contribution is -2.62. The number of ketones is 1. The molecule has 13 amide bonds. The summed E-state index contributed by atoms with van der Waals surface area (Å²) in [6.45, 7) is 4.49. The first-order valence-corrected chi connectivity index (χ1v) is 45.3. The third-order valence-corrected chi connectivity index (χ3v) is 24.5. The third kappa shape index (κ3) is 30.9. The number of fused-ring (bicyclic) bond motifs is 1. The molecule has 2 saturated heterocycles. The quantitative estimate of drug-likeness (QED) is 0.0174. The smallest absolute Gasteiger partial charge is 0.305 e. The van der Waals surface area contributed by atoms with Gasteiger partial charge in [-0.15, -0.1) is 11.8 Å². The second-order valence-electron chi connectivity index (χ2n) is 33.5. The number of hydrogen-bond acceptors (Lipinski definition) is 23. The van der Waals surface area contributed by atoms with Crippen molar-refractivity contribution in [2.24, 2.45) is 23.1 Å². The summed E-state index contributed by atoms with van der Waals surface area (Å²) in [5, 5.41) is 67.4. The number of para-hydroxylation sites is 1. The molecule has 5 aromatic carbocycles. The van der Waals surface area contributed by atoms with Gasteiger partial charge in [-0.25, -0.2) is 8.78 Å². The fourth-order valence-corrected chi connectivity index (χ4v) is 16.9. The van der Waals surface area contributed by atoms with Crippen LogP contribution < -0.4 is 65.1 Å². The molecule has 0 aliphatic carbocycles. The number of carboxylic acid groups (broad SMARTS) is 1. The molecule has 0 bridgehead atoms. The van der Waals surface area contributed by atoms with E-state index in [-0.39, 0.29) is 114 Å². The van der Waals surface area contributed by atoms with Crippen LogP contribution in [0.5, 0.6) is 5.75 Å². The number of likely N-dealkylation sites (tertiary alicyclic amines) is 2. The van der Waals surface area contributed by atoms with Crippen LogP contribution in [0.25, 0.3) is 10.9 Å². The Bertz CT molecular complexity index is 4930. The van der Waals surface area contributed by atoms with E-state index in [1.165, 1.54) is 71.1 Å². The van der Waals surface area contributed by atoms with Crippen molar-refractivity contribution in [3.05, 3.63) is 173 Å². The molecule has 20 N–H and O–H groups in total. The number of aliphatic hydroxyl groups excluding tert-OH is 2. The van der Waals surface area contributed by atoms with E-state index in [1.807, 2.05) is 25.1 Å². The minimum atomic E-state index is -1.83. The number of halogens is 2. The minimum absolute atomic E-state index is 0.0000478. The van der Waals surface area contributed by atoms with Gasteiger partial charge in [0, 0.05) is 89.3 Å². The van der Waals surface area contributed by atoms with Crippen LogP contribution in [0.4, 0.5) is 8.78 Å². The molecule has 6 aromatic rings. The van der Waals surface area contributed by atoms with Crippen LogP contribution in [-0.2, 0) is 104 Å². The van der Waals surface area contributed by atoms with Gasteiger partial charge < -0.3 is 104 Å². The monoisotopic (exact) mass is 1850 g/mol. The van der Waals surface area contributed by atoms with Gasteiger partial charge in [0.15, 0.2) is 17.4 Å². The maximum Gasteiger partial charge on any atom is 0.305 e. The Hall–Kier alpha value is -12.3. The Morgan fingerprint density at radius 2 is 1.19 bits per heavy atom. The number of nitrogens with two attached hydrogens (primary N) is 3. The number of rotatable bonds is 54. The molecule has 0 saturated carbocycles. The van der Waals surface area contributed by atoms with E-state index in [4.69, 9.17) is 17.2 Å². The van der Waals surface area contributed by atoms with Gasteiger partial charge >= 0.3 is 5.97 Å². The second-order valence-corrected chi connectivity index (χ2v) is 34.5. The predicted molar refractivity (Wildman–Crippen MR) is 486 cm³/mol. The number of carboxylic acids is 1. The molecular weight excluding hydrogens is 1730 g/mol. The van der Waals surface area contributed by atoms with Crippen molar-refractivity contribution in [3.63, 3.8) is 0 Å². The number of Topliss-reactive ketones (excluding diaryl/α,β-unsaturated/α-hetero) is 1. The molecule has 3 heterocycles. The summed E-state index contributed by atoms with van der Waals surface area (Å²) in [6, 6.07) is 16.2. The number of hydrogen-bond donors (Lipinski definition) is 17. The van der Waals surface area contributed by atoms with Gasteiger partial charge in [0.25, 0.3) is 0 Å². The Kier molecular flexibility index (Phi) is 41.4. The molecule has 1 aromatic heterocycles. The van der Waals surface area contributed by atoms with Gasteiger partial charge in [0.2, 0.25) is 77.3 Å². The Labute approximate surface area is 768 Å². The van der Waals surface area contributed by atoms with Gasteiger partial charge in [-0.2, -0.15) is 0 Å². The number of primary amides is 1. The highest BCUT2D eigenvalue weighted by Crippen LogP contribution is 2.28. The first kappa shape index (κ1) is 105. The number of carbonyl (C=O) groups excluding carboxylic acids is 14. The van der Waals surface area contributed by atoms with Crippen molar-refractivity contribution in [2.75, 3.05) is 78.5 Å². The number of aromatic nitrogens is 1. The fraction of sp³-hybridized carbons (Fsp3) is 0.489. The number of aliphatic carboxylic acids is 1. The molecule has 40 heteroatoms. The van der Waals surface area contributed by atoms with Crippen LogP contribution in [0, 0.1) is 17.6 Å². The van der Waals surface area contributed by atoms with E-state index in [0.29, 0.717) is 54.5 Å². The van der Waals surface area contributed by atoms with Gasteiger partial charge in [0.1, 0.15) is 60.3 Å². The maximum atomic E-state index is 15.7. The summed E-state index contributed by atoms with van der Waals surface area (Å²) in [7, 11) is 4.01. The summed E-state index contributed by atoms with van der Waals surface area (Å²) in [5.41, 5.74) is 20.3. The molecule has 0 radical (unpaired) electrons. The lowest BCUT2D eigenvalue weighted by molar-refractivity contribution is -0.152. The summed E-state index contributed by atoms with van der Waals surface area (Å²) in [4.78, 5) is 222. The summed E-state index contributed by atoms with van der Waals surface area (Å²) in [5.74, 6) is -16.5. The molecule has 2 aliphatic rings. The van der Waals surface area contributed by atoms with Gasteiger partial charge in [0.05, 0.1) is 55.5 Å². The molecule has 0 spiro atoms.